The van der Waals surface area contributed by atoms with Crippen molar-refractivity contribution in [3.05, 3.63) is 12.2 Å². The second-order valence-corrected chi connectivity index (χ2v) is 20.7. The van der Waals surface area contributed by atoms with Gasteiger partial charge in [-0.05, 0) is 116 Å². The van der Waals surface area contributed by atoms with Gasteiger partial charge in [-0.3, -0.25) is 4.79 Å². The molecular formula is C47H78NNaO12. The van der Waals surface area contributed by atoms with E-state index in [1.807, 2.05) is 75.3 Å². The van der Waals surface area contributed by atoms with E-state index in [0.29, 0.717) is 57.8 Å². The van der Waals surface area contributed by atoms with Crippen LogP contribution >= 0.6 is 0 Å². The number of rotatable bonds is 13. The van der Waals surface area contributed by atoms with Gasteiger partial charge in [-0.25, -0.2) is 4.79 Å². The number of carboxylic acid groups (broad SMARTS) is 1. The van der Waals surface area contributed by atoms with Crippen LogP contribution in [-0.2, 0) is 38.0 Å². The van der Waals surface area contributed by atoms with Crippen LogP contribution in [-0.4, -0.2) is 99.1 Å². The fourth-order valence-electron chi connectivity index (χ4n) is 11.0. The summed E-state index contributed by atoms with van der Waals surface area (Å²) in [6.07, 6.45) is 4.29. The summed E-state index contributed by atoms with van der Waals surface area (Å²) in [4.78, 5) is 39.9. The predicted octanol–water partition coefficient (Wildman–Crippen LogP) is 3.39. The summed E-state index contributed by atoms with van der Waals surface area (Å²) >= 11 is 0. The monoisotopic (exact) mass is 872 g/mol. The standard InChI is InChI=1S/C47H79NO12.Na/c1-14-32(41(51)52)34-18-17-26(4)39(56-34)30(8)37(49)29(7)38(50)33(15-2)40-27(5)25-28(6)46(58-40)22-20-36(57-42(53)48-43(10,11)12)47(60-46)24-23-44(13,59-47)35-19-21-45(54,16-3)31(9)55-35;/h20,22,26-37,39-40,49,54H,14-19,21,23-25H2,1-13H3,(H,48,53)(H,51,52);/q;+1/p-1/t26-,27-,28+,29-,30-,31-,32+,33-,34+,35+,36+,37+,39+,40-,44-,45+,46-,47-;/m0./s1. The molecule has 5 aliphatic heterocycles. The summed E-state index contributed by atoms with van der Waals surface area (Å²) in [5, 5.41) is 37.8. The molecule has 5 rings (SSSR count). The van der Waals surface area contributed by atoms with Gasteiger partial charge in [0.1, 0.15) is 5.78 Å². The van der Waals surface area contributed by atoms with Crippen molar-refractivity contribution < 1.29 is 87.7 Å². The average molecular weight is 872 g/mol. The topological polar surface area (TPSA) is 182 Å². The third kappa shape index (κ3) is 10.9. The third-order valence-electron chi connectivity index (χ3n) is 15.1. The number of Topliss-reactive ketones (excluding diaryl/α,β-unsaturated/α-hetero) is 1. The van der Waals surface area contributed by atoms with E-state index in [0.717, 1.165) is 6.42 Å². The molecule has 0 radical (unpaired) electrons. The van der Waals surface area contributed by atoms with Gasteiger partial charge in [-0.15, -0.1) is 0 Å². The van der Waals surface area contributed by atoms with Crippen LogP contribution in [0.2, 0.25) is 0 Å². The molecule has 4 saturated heterocycles. The second-order valence-electron chi connectivity index (χ2n) is 20.7. The molecule has 14 heteroatoms. The molecule has 0 unspecified atom stereocenters. The van der Waals surface area contributed by atoms with Crippen LogP contribution in [0.3, 0.4) is 0 Å². The Morgan fingerprint density at radius 3 is 2.15 bits per heavy atom. The van der Waals surface area contributed by atoms with Gasteiger partial charge in [0.05, 0.1) is 47.8 Å². The Morgan fingerprint density at radius 2 is 1.57 bits per heavy atom. The quantitative estimate of drug-likeness (QED) is 0.182. The first-order chi connectivity index (χ1) is 27.9. The van der Waals surface area contributed by atoms with E-state index in [-0.39, 0.29) is 59.2 Å². The number of carbonyl (C=O) groups excluding carboxylic acids is 3. The Kier molecular flexibility index (Phi) is 17.4. The fraction of sp³-hybridized carbons (Fsp3) is 0.894. The number of aliphatic carboxylic acids is 1. The summed E-state index contributed by atoms with van der Waals surface area (Å²) in [7, 11) is 0. The summed E-state index contributed by atoms with van der Waals surface area (Å²) in [5.41, 5.74) is -2.31. The van der Waals surface area contributed by atoms with Crippen LogP contribution in [0.5, 0.6) is 0 Å². The smallest absolute Gasteiger partial charge is 0.550 e. The van der Waals surface area contributed by atoms with E-state index in [4.69, 9.17) is 28.4 Å². The summed E-state index contributed by atoms with van der Waals surface area (Å²) in [6, 6.07) is 0. The molecular weight excluding hydrogens is 794 g/mol. The maximum atomic E-state index is 14.6. The summed E-state index contributed by atoms with van der Waals surface area (Å²) < 4.78 is 40.4. The minimum absolute atomic E-state index is 0. The maximum absolute atomic E-state index is 14.6. The Hall–Kier alpha value is -1.13. The number of amides is 1. The number of ether oxygens (including phenoxy) is 6. The van der Waals surface area contributed by atoms with Crippen molar-refractivity contribution in [3.8, 4) is 0 Å². The number of ketones is 1. The first kappa shape index (κ1) is 52.5. The number of carboxylic acids is 1. The molecule has 344 valence electrons. The van der Waals surface area contributed by atoms with Crippen LogP contribution in [0.1, 0.15) is 154 Å². The molecule has 0 aliphatic carbocycles. The molecule has 18 atom stereocenters. The molecule has 2 spiro atoms. The van der Waals surface area contributed by atoms with E-state index in [9.17, 15) is 29.7 Å². The van der Waals surface area contributed by atoms with Crippen molar-refractivity contribution in [2.75, 3.05) is 0 Å². The molecule has 13 nitrogen and oxygen atoms in total. The van der Waals surface area contributed by atoms with Gasteiger partial charge in [-0.1, -0.05) is 55.4 Å². The number of hydrogen-bond acceptors (Lipinski definition) is 12. The number of nitrogens with one attached hydrogen (secondary N) is 1. The Labute approximate surface area is 387 Å². The molecule has 5 aliphatic rings. The van der Waals surface area contributed by atoms with Crippen molar-refractivity contribution in [1.82, 2.24) is 5.32 Å². The van der Waals surface area contributed by atoms with Crippen molar-refractivity contribution >= 4 is 17.8 Å². The Morgan fingerprint density at radius 1 is 0.918 bits per heavy atom. The molecule has 3 N–H and O–H groups in total. The van der Waals surface area contributed by atoms with E-state index in [2.05, 4.69) is 19.2 Å². The average Bonchev–Trinajstić information content (AvgIpc) is 3.52. The molecule has 0 bridgehead atoms. The van der Waals surface area contributed by atoms with Crippen molar-refractivity contribution in [2.45, 2.75) is 225 Å². The largest absolute Gasteiger partial charge is 1.00 e. The van der Waals surface area contributed by atoms with Gasteiger partial charge < -0.3 is 53.9 Å². The minimum Gasteiger partial charge on any atom is -0.550 e. The van der Waals surface area contributed by atoms with Crippen molar-refractivity contribution in [2.24, 2.45) is 41.4 Å². The van der Waals surface area contributed by atoms with Gasteiger partial charge in [-0.2, -0.15) is 0 Å². The minimum atomic E-state index is -1.45. The van der Waals surface area contributed by atoms with Crippen LogP contribution in [0.4, 0.5) is 4.79 Å². The molecule has 61 heavy (non-hydrogen) atoms. The van der Waals surface area contributed by atoms with Crippen molar-refractivity contribution in [3.63, 3.8) is 0 Å². The maximum Gasteiger partial charge on any atom is 1.00 e. The number of carbonyl (C=O) groups is 3. The molecule has 5 heterocycles. The SMILES string of the molecule is CC[C@@H](C(=O)[C@@H](C)[C@@H](O)[C@H](C)[C@@H]1O[C@@H]([C@@H](CC)C(=O)[O-])CC[C@@H]1C)[C@H]1O[C@]2(C=C[C@@H](OC(=O)NC(C)(C)C)[C@]3(CC[C@@](C)([C@H]4CC[C@](O)(CC)[C@H](C)O4)O3)O2)[C@H](C)C[C@@H]1C.[Na+]. The Balaban J connectivity index is 0.00000819. The molecule has 0 saturated carbocycles. The van der Waals surface area contributed by atoms with Crippen LogP contribution < -0.4 is 40.0 Å². The van der Waals surface area contributed by atoms with Crippen LogP contribution in [0, 0.1) is 41.4 Å². The zero-order valence-electron chi connectivity index (χ0n) is 39.8. The van der Waals surface area contributed by atoms with Crippen molar-refractivity contribution in [1.29, 1.82) is 0 Å². The van der Waals surface area contributed by atoms with Crippen LogP contribution in [0.25, 0.3) is 0 Å². The summed E-state index contributed by atoms with van der Waals surface area (Å²) in [6.45, 7) is 25.1. The number of alkyl carbamates (subject to hydrolysis) is 1. The summed E-state index contributed by atoms with van der Waals surface area (Å²) in [5.74, 6) is -6.68. The van der Waals surface area contributed by atoms with E-state index in [1.54, 1.807) is 13.0 Å². The van der Waals surface area contributed by atoms with E-state index >= 15 is 0 Å². The van der Waals surface area contributed by atoms with E-state index < -0.39 is 101 Å². The predicted molar refractivity (Wildman–Crippen MR) is 223 cm³/mol. The number of aliphatic hydroxyl groups excluding tert-OH is 1. The third-order valence-corrected chi connectivity index (χ3v) is 15.1. The van der Waals surface area contributed by atoms with Gasteiger partial charge >= 0.3 is 35.7 Å². The normalized spacial score (nSPS) is 41.6. The first-order valence-electron chi connectivity index (χ1n) is 23.1. The number of hydrogen-bond donors (Lipinski definition) is 3. The Bertz CT molecular complexity index is 1560. The van der Waals surface area contributed by atoms with Gasteiger partial charge in [0.25, 0.3) is 0 Å². The molecule has 4 fully saturated rings. The van der Waals surface area contributed by atoms with E-state index in [1.165, 1.54) is 0 Å². The van der Waals surface area contributed by atoms with Gasteiger partial charge in [0.2, 0.25) is 5.79 Å². The fourth-order valence-corrected chi connectivity index (χ4v) is 11.0. The van der Waals surface area contributed by atoms with Gasteiger partial charge in [0, 0.05) is 47.5 Å². The van der Waals surface area contributed by atoms with Gasteiger partial charge in [0.15, 0.2) is 11.9 Å². The zero-order valence-corrected chi connectivity index (χ0v) is 41.8. The number of aliphatic hydroxyl groups is 2. The zero-order chi connectivity index (χ0) is 44.7. The molecule has 0 aromatic rings. The van der Waals surface area contributed by atoms with Crippen LogP contribution in [0.15, 0.2) is 12.2 Å². The molecule has 0 aromatic carbocycles. The first-order valence-corrected chi connectivity index (χ1v) is 23.1. The second kappa shape index (κ2) is 20.2. The molecule has 0 aromatic heterocycles. The molecule has 1 amide bonds.